The van der Waals surface area contributed by atoms with Crippen molar-refractivity contribution in [3.8, 4) is 0 Å². The minimum Gasteiger partial charge on any atom is -0.338 e. The van der Waals surface area contributed by atoms with E-state index < -0.39 is 10.0 Å². The quantitative estimate of drug-likeness (QED) is 0.740. The number of likely N-dealkylation sites (tertiary alicyclic amines) is 1. The second-order valence-corrected chi connectivity index (χ2v) is 9.18. The highest BCUT2D eigenvalue weighted by Crippen LogP contribution is 2.26. The average molecular weight is 419 g/mol. The van der Waals surface area contributed by atoms with E-state index in [2.05, 4.69) is 11.3 Å². The van der Waals surface area contributed by atoms with E-state index >= 15 is 0 Å². The molecule has 0 atom stereocenters. The van der Waals surface area contributed by atoms with Crippen LogP contribution in [-0.2, 0) is 10.0 Å². The van der Waals surface area contributed by atoms with Crippen molar-refractivity contribution in [2.45, 2.75) is 31.6 Å². The van der Waals surface area contributed by atoms with Gasteiger partial charge in [-0.3, -0.25) is 9.52 Å². The number of piperidine rings is 1. The third-order valence-corrected chi connectivity index (χ3v) is 6.70. The van der Waals surface area contributed by atoms with Gasteiger partial charge in [0.15, 0.2) is 0 Å². The van der Waals surface area contributed by atoms with Gasteiger partial charge in [-0.15, -0.1) is 0 Å². The van der Waals surface area contributed by atoms with Crippen LogP contribution in [0.25, 0.3) is 0 Å². The number of amides is 1. The second kappa shape index (κ2) is 7.97. The minimum absolute atomic E-state index is 0.0000952. The topological polar surface area (TPSA) is 66.5 Å². The Hall–Kier alpha value is -2.31. The van der Waals surface area contributed by atoms with Gasteiger partial charge in [0.25, 0.3) is 15.9 Å². The van der Waals surface area contributed by atoms with Gasteiger partial charge in [0.1, 0.15) is 0 Å². The van der Waals surface area contributed by atoms with Gasteiger partial charge in [-0.2, -0.15) is 0 Å². The van der Waals surface area contributed by atoms with E-state index in [1.54, 1.807) is 17.0 Å². The summed E-state index contributed by atoms with van der Waals surface area (Å²) in [6, 6.07) is 9.54. The number of carbonyl (C=O) groups is 1. The number of hydrogen-bond donors (Lipinski definition) is 1. The predicted molar refractivity (Wildman–Crippen MR) is 112 cm³/mol. The number of halogens is 1. The van der Waals surface area contributed by atoms with Crippen molar-refractivity contribution < 1.29 is 13.2 Å². The van der Waals surface area contributed by atoms with Crippen LogP contribution in [0.3, 0.4) is 0 Å². The van der Waals surface area contributed by atoms with Crippen molar-refractivity contribution in [1.82, 2.24) is 4.90 Å². The van der Waals surface area contributed by atoms with Crippen LogP contribution in [0, 0.1) is 13.8 Å². The summed E-state index contributed by atoms with van der Waals surface area (Å²) in [5.74, 6) is -0.263. The van der Waals surface area contributed by atoms with E-state index in [-0.39, 0.29) is 21.4 Å². The number of nitrogens with zero attached hydrogens (tertiary/aromatic N) is 1. The Morgan fingerprint density at radius 2 is 1.75 bits per heavy atom. The zero-order valence-electron chi connectivity index (χ0n) is 16.0. The molecule has 5 nitrogen and oxygen atoms in total. The summed E-state index contributed by atoms with van der Waals surface area (Å²) in [7, 11) is -3.85. The molecule has 1 fully saturated rings. The smallest absolute Gasteiger partial charge is 0.261 e. The zero-order valence-corrected chi connectivity index (χ0v) is 17.5. The monoisotopic (exact) mass is 418 g/mol. The van der Waals surface area contributed by atoms with Crippen molar-refractivity contribution in [3.05, 3.63) is 70.3 Å². The van der Waals surface area contributed by atoms with E-state index in [1.807, 2.05) is 19.9 Å². The Morgan fingerprint density at radius 1 is 1.07 bits per heavy atom. The average Bonchev–Trinajstić information content (AvgIpc) is 2.65. The highest BCUT2D eigenvalue weighted by Gasteiger charge is 2.24. The first-order valence-corrected chi connectivity index (χ1v) is 10.9. The van der Waals surface area contributed by atoms with Gasteiger partial charge in [0, 0.05) is 18.8 Å². The summed E-state index contributed by atoms with van der Waals surface area (Å²) in [4.78, 5) is 14.5. The standard InChI is InChI=1S/C21H23ClN2O3S/c1-14-8-10-24(11-9-14)21(25)19-13-18(6-7-20(19)22)28(26,27)23-17-5-4-15(2)16(3)12-17/h4-7,12-13,23H,1,8-11H2,2-3H3. The summed E-state index contributed by atoms with van der Waals surface area (Å²) >= 11 is 6.21. The first-order chi connectivity index (χ1) is 13.2. The molecule has 0 aliphatic carbocycles. The molecule has 2 aromatic rings. The van der Waals surface area contributed by atoms with Gasteiger partial charge < -0.3 is 4.90 Å². The van der Waals surface area contributed by atoms with E-state index in [0.717, 1.165) is 29.5 Å². The van der Waals surface area contributed by atoms with Crippen LogP contribution in [0.1, 0.15) is 34.3 Å². The van der Waals surface area contributed by atoms with Crippen molar-refractivity contribution in [2.24, 2.45) is 0 Å². The van der Waals surface area contributed by atoms with Crippen molar-refractivity contribution in [1.29, 1.82) is 0 Å². The number of sulfonamides is 1. The maximum atomic E-state index is 12.8. The molecule has 7 heteroatoms. The Labute approximate surface area is 171 Å². The lowest BCUT2D eigenvalue weighted by Gasteiger charge is -2.28. The number of nitrogens with one attached hydrogen (secondary N) is 1. The maximum absolute atomic E-state index is 12.8. The van der Waals surface area contributed by atoms with E-state index in [9.17, 15) is 13.2 Å². The van der Waals surface area contributed by atoms with Crippen LogP contribution < -0.4 is 4.72 Å². The van der Waals surface area contributed by atoms with Crippen LogP contribution in [-0.4, -0.2) is 32.3 Å². The molecule has 1 amide bonds. The van der Waals surface area contributed by atoms with Gasteiger partial charge in [-0.25, -0.2) is 8.42 Å². The molecule has 3 rings (SSSR count). The highest BCUT2D eigenvalue weighted by atomic mass is 35.5. The third-order valence-electron chi connectivity index (χ3n) is 5.00. The highest BCUT2D eigenvalue weighted by molar-refractivity contribution is 7.92. The van der Waals surface area contributed by atoms with Crippen molar-refractivity contribution >= 4 is 33.2 Å². The molecule has 1 N–H and O–H groups in total. The molecule has 2 aromatic carbocycles. The summed E-state index contributed by atoms with van der Waals surface area (Å²) < 4.78 is 28.2. The molecule has 0 unspecified atom stereocenters. The Morgan fingerprint density at radius 3 is 2.39 bits per heavy atom. The summed E-state index contributed by atoms with van der Waals surface area (Å²) in [6.07, 6.45) is 1.49. The molecule has 148 valence electrons. The molecule has 0 bridgehead atoms. The number of rotatable bonds is 4. The third kappa shape index (κ3) is 4.39. The second-order valence-electron chi connectivity index (χ2n) is 7.09. The normalized spacial score (nSPS) is 14.8. The van der Waals surface area contributed by atoms with Gasteiger partial charge in [-0.05, 0) is 68.1 Å². The number of aryl methyl sites for hydroxylation is 2. The van der Waals surface area contributed by atoms with Crippen LogP contribution in [0.4, 0.5) is 5.69 Å². The SMILES string of the molecule is C=C1CCN(C(=O)c2cc(S(=O)(=O)Nc3ccc(C)c(C)c3)ccc2Cl)CC1. The summed E-state index contributed by atoms with van der Waals surface area (Å²) in [6.45, 7) is 8.94. The number of carbonyl (C=O) groups excluding carboxylic acids is 1. The Kier molecular flexibility index (Phi) is 5.82. The lowest BCUT2D eigenvalue weighted by molar-refractivity contribution is 0.0743. The van der Waals surface area contributed by atoms with Gasteiger partial charge >= 0.3 is 0 Å². The molecule has 28 heavy (non-hydrogen) atoms. The number of anilines is 1. The largest absolute Gasteiger partial charge is 0.338 e. The van der Waals surface area contributed by atoms with Crippen LogP contribution >= 0.6 is 11.6 Å². The lowest BCUT2D eigenvalue weighted by atomic mass is 10.0. The Bertz CT molecular complexity index is 1040. The molecule has 1 aliphatic heterocycles. The molecule has 1 saturated heterocycles. The van der Waals surface area contributed by atoms with E-state index in [4.69, 9.17) is 11.6 Å². The molecular formula is C21H23ClN2O3S. The molecule has 0 saturated carbocycles. The number of hydrogen-bond acceptors (Lipinski definition) is 3. The lowest BCUT2D eigenvalue weighted by Crippen LogP contribution is -2.36. The summed E-state index contributed by atoms with van der Waals surface area (Å²) in [5.41, 5.74) is 3.84. The first kappa shape index (κ1) is 20.4. The van der Waals surface area contributed by atoms with Crippen molar-refractivity contribution in [3.63, 3.8) is 0 Å². The molecule has 0 radical (unpaired) electrons. The molecule has 0 aromatic heterocycles. The van der Waals surface area contributed by atoms with Gasteiger partial charge in [0.05, 0.1) is 15.5 Å². The fourth-order valence-electron chi connectivity index (χ4n) is 3.05. The fourth-order valence-corrected chi connectivity index (χ4v) is 4.32. The maximum Gasteiger partial charge on any atom is 0.261 e. The van der Waals surface area contributed by atoms with Crippen LogP contribution in [0.5, 0.6) is 0 Å². The molecule has 1 aliphatic rings. The van der Waals surface area contributed by atoms with Crippen LogP contribution in [0.15, 0.2) is 53.4 Å². The van der Waals surface area contributed by atoms with E-state index in [1.165, 1.54) is 18.2 Å². The van der Waals surface area contributed by atoms with Crippen molar-refractivity contribution in [2.75, 3.05) is 17.8 Å². The first-order valence-electron chi connectivity index (χ1n) is 9.03. The van der Waals surface area contributed by atoms with Gasteiger partial charge in [-0.1, -0.05) is 29.8 Å². The van der Waals surface area contributed by atoms with E-state index in [0.29, 0.717) is 18.8 Å². The Balaban J connectivity index is 1.88. The molecular weight excluding hydrogens is 396 g/mol. The number of benzene rings is 2. The summed E-state index contributed by atoms with van der Waals surface area (Å²) in [5, 5.41) is 0.236. The van der Waals surface area contributed by atoms with Crippen LogP contribution in [0.2, 0.25) is 5.02 Å². The van der Waals surface area contributed by atoms with Gasteiger partial charge in [0.2, 0.25) is 0 Å². The molecule has 1 heterocycles. The predicted octanol–water partition coefficient (Wildman–Crippen LogP) is 4.55. The zero-order chi connectivity index (χ0) is 20.5. The minimum atomic E-state index is -3.85. The molecule has 0 spiro atoms. The fraction of sp³-hybridized carbons (Fsp3) is 0.286.